The highest BCUT2D eigenvalue weighted by Crippen LogP contribution is 2.30. The molecule has 0 aliphatic heterocycles. The summed E-state index contributed by atoms with van der Waals surface area (Å²) in [5.74, 6) is -0.980. The Morgan fingerprint density at radius 1 is 0.925 bits per heavy atom. The van der Waals surface area contributed by atoms with Crippen molar-refractivity contribution in [2.75, 3.05) is 10.8 Å². The number of hydrogen-bond donors (Lipinski definition) is 1. The molecule has 0 aromatic heterocycles. The number of benzene rings is 3. The van der Waals surface area contributed by atoms with Crippen molar-refractivity contribution in [1.29, 1.82) is 0 Å². The molecule has 0 saturated carbocycles. The average Bonchev–Trinajstić information content (AvgIpc) is 2.90. The Morgan fingerprint density at radius 3 is 2.10 bits per heavy atom. The standard InChI is InChI=1S/C29H32Cl3N3O4S/c1-5-20(3)33-29(37)21(4)34(17-22-8-6-7-9-27(22)32)28(36)18-35(25-15-23(30)14-24(31)16-25)40(38,39)26-12-10-19(2)11-13-26/h6-16,20-21H,5,17-18H2,1-4H3,(H,33,37)/t20-,21+/m0/s1. The summed E-state index contributed by atoms with van der Waals surface area (Å²) in [5, 5.41) is 3.72. The third-order valence-corrected chi connectivity index (χ3v) is 9.08. The lowest BCUT2D eigenvalue weighted by Gasteiger charge is -2.32. The van der Waals surface area contributed by atoms with Crippen LogP contribution >= 0.6 is 34.8 Å². The summed E-state index contributed by atoms with van der Waals surface area (Å²) in [5.41, 5.74) is 1.60. The largest absolute Gasteiger partial charge is 0.352 e. The Morgan fingerprint density at radius 2 is 1.52 bits per heavy atom. The molecule has 0 unspecified atom stereocenters. The van der Waals surface area contributed by atoms with E-state index in [2.05, 4.69) is 5.32 Å². The second-order valence-electron chi connectivity index (χ2n) is 9.56. The molecule has 3 aromatic rings. The Balaban J connectivity index is 2.07. The molecule has 11 heteroatoms. The van der Waals surface area contributed by atoms with Gasteiger partial charge in [-0.3, -0.25) is 13.9 Å². The second-order valence-corrected chi connectivity index (χ2v) is 12.7. The minimum Gasteiger partial charge on any atom is -0.352 e. The van der Waals surface area contributed by atoms with Crippen LogP contribution in [0.15, 0.2) is 71.6 Å². The van der Waals surface area contributed by atoms with E-state index in [1.54, 1.807) is 43.3 Å². The van der Waals surface area contributed by atoms with Gasteiger partial charge in [-0.2, -0.15) is 0 Å². The third-order valence-electron chi connectivity index (χ3n) is 6.49. The lowest BCUT2D eigenvalue weighted by atomic mass is 10.1. The molecule has 2 atom stereocenters. The maximum Gasteiger partial charge on any atom is 0.264 e. The van der Waals surface area contributed by atoms with E-state index in [4.69, 9.17) is 34.8 Å². The molecule has 214 valence electrons. The second kappa shape index (κ2) is 13.7. The van der Waals surface area contributed by atoms with Crippen molar-refractivity contribution in [3.8, 4) is 0 Å². The molecule has 0 heterocycles. The van der Waals surface area contributed by atoms with Crippen LogP contribution in [-0.4, -0.2) is 43.8 Å². The monoisotopic (exact) mass is 623 g/mol. The number of rotatable bonds is 11. The lowest BCUT2D eigenvalue weighted by Crippen LogP contribution is -2.52. The van der Waals surface area contributed by atoms with Crippen LogP contribution in [0.4, 0.5) is 5.69 Å². The number of carbonyl (C=O) groups excluding carboxylic acids is 2. The number of carbonyl (C=O) groups is 2. The van der Waals surface area contributed by atoms with E-state index < -0.39 is 28.5 Å². The molecule has 0 spiro atoms. The van der Waals surface area contributed by atoms with Gasteiger partial charge in [0.25, 0.3) is 10.0 Å². The van der Waals surface area contributed by atoms with E-state index in [9.17, 15) is 18.0 Å². The van der Waals surface area contributed by atoms with Crippen LogP contribution in [0.1, 0.15) is 38.3 Å². The average molecular weight is 625 g/mol. The normalized spacial score (nSPS) is 12.9. The predicted molar refractivity (Wildman–Crippen MR) is 162 cm³/mol. The van der Waals surface area contributed by atoms with Gasteiger partial charge in [0, 0.05) is 27.7 Å². The van der Waals surface area contributed by atoms with Crippen LogP contribution in [0.3, 0.4) is 0 Å². The van der Waals surface area contributed by atoms with Crippen molar-refractivity contribution < 1.29 is 18.0 Å². The molecule has 0 saturated heterocycles. The van der Waals surface area contributed by atoms with Gasteiger partial charge in [-0.05, 0) is 69.2 Å². The highest BCUT2D eigenvalue weighted by Gasteiger charge is 2.33. The first kappa shape index (κ1) is 31.7. The van der Waals surface area contributed by atoms with Gasteiger partial charge in [0.2, 0.25) is 11.8 Å². The fraction of sp³-hybridized carbons (Fsp3) is 0.310. The van der Waals surface area contributed by atoms with E-state index in [-0.39, 0.29) is 39.1 Å². The zero-order chi connectivity index (χ0) is 29.6. The van der Waals surface area contributed by atoms with E-state index >= 15 is 0 Å². The van der Waals surface area contributed by atoms with Crippen molar-refractivity contribution in [1.82, 2.24) is 10.2 Å². The number of nitrogens with one attached hydrogen (secondary N) is 1. The third kappa shape index (κ3) is 7.91. The summed E-state index contributed by atoms with van der Waals surface area (Å²) in [4.78, 5) is 28.4. The van der Waals surface area contributed by atoms with Gasteiger partial charge in [0.15, 0.2) is 0 Å². The fourth-order valence-corrected chi connectivity index (χ4v) is 6.02. The first-order valence-electron chi connectivity index (χ1n) is 12.7. The van der Waals surface area contributed by atoms with Crippen molar-refractivity contribution >= 4 is 62.3 Å². The maximum atomic E-state index is 14.0. The molecule has 0 fully saturated rings. The summed E-state index contributed by atoms with van der Waals surface area (Å²) in [7, 11) is -4.24. The lowest BCUT2D eigenvalue weighted by molar-refractivity contribution is -0.139. The molecule has 7 nitrogen and oxygen atoms in total. The minimum absolute atomic E-state index is 0.0116. The van der Waals surface area contributed by atoms with Crippen LogP contribution in [0.2, 0.25) is 15.1 Å². The first-order valence-corrected chi connectivity index (χ1v) is 15.3. The van der Waals surface area contributed by atoms with Crippen molar-refractivity contribution in [2.24, 2.45) is 0 Å². The summed E-state index contributed by atoms with van der Waals surface area (Å²) in [6.07, 6.45) is 0.703. The smallest absolute Gasteiger partial charge is 0.264 e. The van der Waals surface area contributed by atoms with Crippen LogP contribution in [0.25, 0.3) is 0 Å². The van der Waals surface area contributed by atoms with Gasteiger partial charge >= 0.3 is 0 Å². The fourth-order valence-electron chi connectivity index (χ4n) is 3.91. The summed E-state index contributed by atoms with van der Waals surface area (Å²) < 4.78 is 28.7. The number of sulfonamides is 1. The Hall–Kier alpha value is -2.78. The van der Waals surface area contributed by atoms with Gasteiger partial charge in [-0.1, -0.05) is 77.6 Å². The molecule has 0 bridgehead atoms. The van der Waals surface area contributed by atoms with Crippen molar-refractivity contribution in [3.05, 3.63) is 92.9 Å². The first-order chi connectivity index (χ1) is 18.8. The molecular formula is C29H32Cl3N3O4S. The zero-order valence-electron chi connectivity index (χ0n) is 22.7. The number of hydrogen-bond acceptors (Lipinski definition) is 4. The summed E-state index contributed by atoms with van der Waals surface area (Å²) in [6.45, 7) is 6.62. The molecule has 1 N–H and O–H groups in total. The van der Waals surface area contributed by atoms with Crippen LogP contribution in [-0.2, 0) is 26.2 Å². The quantitative estimate of drug-likeness (QED) is 0.265. The molecule has 3 rings (SSSR count). The minimum atomic E-state index is -4.24. The number of aryl methyl sites for hydroxylation is 1. The molecular weight excluding hydrogens is 593 g/mol. The van der Waals surface area contributed by atoms with Crippen LogP contribution in [0, 0.1) is 6.92 Å². The number of anilines is 1. The van der Waals surface area contributed by atoms with Crippen LogP contribution in [0.5, 0.6) is 0 Å². The van der Waals surface area contributed by atoms with Crippen molar-refractivity contribution in [2.45, 2.75) is 57.6 Å². The summed E-state index contributed by atoms with van der Waals surface area (Å²) >= 11 is 18.8. The van der Waals surface area contributed by atoms with E-state index in [0.717, 1.165) is 9.87 Å². The molecule has 3 aromatic carbocycles. The van der Waals surface area contributed by atoms with Gasteiger partial charge < -0.3 is 10.2 Å². The molecule has 40 heavy (non-hydrogen) atoms. The molecule has 0 aliphatic rings. The number of halogens is 3. The summed E-state index contributed by atoms with van der Waals surface area (Å²) in [6, 6.07) is 16.5. The van der Waals surface area contributed by atoms with Crippen LogP contribution < -0.4 is 9.62 Å². The molecule has 0 aliphatic carbocycles. The van der Waals surface area contributed by atoms with Gasteiger partial charge in [0.05, 0.1) is 10.6 Å². The highest BCUT2D eigenvalue weighted by atomic mass is 35.5. The Labute approximate surface area is 251 Å². The van der Waals surface area contributed by atoms with E-state index in [0.29, 0.717) is 17.0 Å². The Bertz CT molecular complexity index is 1450. The van der Waals surface area contributed by atoms with Gasteiger partial charge in [-0.15, -0.1) is 0 Å². The Kier molecular flexibility index (Phi) is 10.9. The SMILES string of the molecule is CC[C@H](C)NC(=O)[C@@H](C)N(Cc1ccccc1Cl)C(=O)CN(c1cc(Cl)cc(Cl)c1)S(=O)(=O)c1ccc(C)cc1. The highest BCUT2D eigenvalue weighted by molar-refractivity contribution is 7.92. The topological polar surface area (TPSA) is 86.8 Å². The number of nitrogens with zero attached hydrogens (tertiary/aromatic N) is 2. The maximum absolute atomic E-state index is 14.0. The van der Waals surface area contributed by atoms with Gasteiger partial charge in [-0.25, -0.2) is 8.42 Å². The molecule has 0 radical (unpaired) electrons. The van der Waals surface area contributed by atoms with E-state index in [1.165, 1.54) is 35.2 Å². The number of amides is 2. The predicted octanol–water partition coefficient (Wildman–Crippen LogP) is 6.48. The van der Waals surface area contributed by atoms with E-state index in [1.807, 2.05) is 20.8 Å². The molecule has 2 amide bonds. The van der Waals surface area contributed by atoms with Crippen molar-refractivity contribution in [3.63, 3.8) is 0 Å². The van der Waals surface area contributed by atoms with Gasteiger partial charge in [0.1, 0.15) is 12.6 Å². The zero-order valence-corrected chi connectivity index (χ0v) is 25.8.